The number of rotatable bonds is 5. The zero-order valence-electron chi connectivity index (χ0n) is 14.4. The van der Waals surface area contributed by atoms with E-state index in [0.29, 0.717) is 25.5 Å². The second-order valence-electron chi connectivity index (χ2n) is 6.47. The number of hydrogen-bond donors (Lipinski definition) is 1. The van der Waals surface area contributed by atoms with E-state index in [1.807, 2.05) is 4.90 Å². The fourth-order valence-corrected chi connectivity index (χ4v) is 3.05. The van der Waals surface area contributed by atoms with Crippen molar-refractivity contribution in [3.63, 3.8) is 0 Å². The van der Waals surface area contributed by atoms with Crippen LogP contribution in [-0.2, 0) is 12.7 Å². The summed E-state index contributed by atoms with van der Waals surface area (Å²) in [5, 5.41) is 14.1. The number of nitrogens with one attached hydrogen (secondary N) is 1. The van der Waals surface area contributed by atoms with E-state index in [4.69, 9.17) is 0 Å². The van der Waals surface area contributed by atoms with Crippen LogP contribution in [0.1, 0.15) is 24.0 Å². The first-order chi connectivity index (χ1) is 12.8. The summed E-state index contributed by atoms with van der Waals surface area (Å²) in [6, 6.07) is 9.17. The summed E-state index contributed by atoms with van der Waals surface area (Å²) in [6.45, 7) is 2.02. The fraction of sp³-hybridized carbons (Fsp3) is 0.389. The van der Waals surface area contributed by atoms with Crippen LogP contribution >= 0.6 is 0 Å². The Balaban J connectivity index is 1.48. The van der Waals surface area contributed by atoms with E-state index in [9.17, 15) is 23.3 Å². The van der Waals surface area contributed by atoms with Crippen molar-refractivity contribution >= 4 is 11.5 Å². The van der Waals surface area contributed by atoms with Crippen LogP contribution < -0.4 is 10.2 Å². The van der Waals surface area contributed by atoms with Gasteiger partial charge in [-0.3, -0.25) is 10.1 Å². The molecule has 0 amide bonds. The lowest BCUT2D eigenvalue weighted by Gasteiger charge is -2.33. The van der Waals surface area contributed by atoms with E-state index in [1.54, 1.807) is 12.1 Å². The van der Waals surface area contributed by atoms with E-state index >= 15 is 0 Å². The Labute approximate surface area is 154 Å². The summed E-state index contributed by atoms with van der Waals surface area (Å²) < 4.78 is 37.8. The van der Waals surface area contributed by atoms with Gasteiger partial charge >= 0.3 is 6.18 Å². The van der Waals surface area contributed by atoms with Crippen molar-refractivity contribution < 1.29 is 18.1 Å². The minimum absolute atomic E-state index is 0.0658. The van der Waals surface area contributed by atoms with Gasteiger partial charge in [-0.1, -0.05) is 12.1 Å². The number of hydrogen-bond acceptors (Lipinski definition) is 5. The Morgan fingerprint density at radius 2 is 1.81 bits per heavy atom. The van der Waals surface area contributed by atoms with Crippen LogP contribution in [0.4, 0.5) is 24.7 Å². The first kappa shape index (κ1) is 19.1. The summed E-state index contributed by atoms with van der Waals surface area (Å²) >= 11 is 0. The summed E-state index contributed by atoms with van der Waals surface area (Å²) in [5.74, 6) is 0.553. The second kappa shape index (κ2) is 7.91. The molecule has 1 aromatic carbocycles. The molecule has 2 aromatic rings. The Kier molecular flexibility index (Phi) is 5.59. The number of aromatic nitrogens is 1. The monoisotopic (exact) mass is 380 g/mol. The number of halogens is 3. The van der Waals surface area contributed by atoms with Crippen LogP contribution in [0.15, 0.2) is 42.6 Å². The van der Waals surface area contributed by atoms with Crippen molar-refractivity contribution in [3.05, 3.63) is 63.8 Å². The van der Waals surface area contributed by atoms with Crippen LogP contribution in [-0.4, -0.2) is 29.0 Å². The van der Waals surface area contributed by atoms with Gasteiger partial charge in [-0.05, 0) is 30.5 Å². The molecule has 1 fully saturated rings. The molecule has 1 N–H and O–H groups in total. The highest BCUT2D eigenvalue weighted by Gasteiger charge is 2.31. The van der Waals surface area contributed by atoms with Crippen molar-refractivity contribution in [1.29, 1.82) is 0 Å². The topological polar surface area (TPSA) is 71.3 Å². The molecule has 144 valence electrons. The zero-order valence-corrected chi connectivity index (χ0v) is 14.4. The molecule has 0 atom stereocenters. The molecule has 3 rings (SSSR count). The average Bonchev–Trinajstić information content (AvgIpc) is 2.66. The van der Waals surface area contributed by atoms with Gasteiger partial charge in [0.2, 0.25) is 0 Å². The lowest BCUT2D eigenvalue weighted by atomic mass is 10.0. The fourth-order valence-electron chi connectivity index (χ4n) is 3.05. The van der Waals surface area contributed by atoms with E-state index in [2.05, 4.69) is 10.3 Å². The van der Waals surface area contributed by atoms with Crippen LogP contribution in [0.2, 0.25) is 0 Å². The number of nitrogens with zero attached hydrogens (tertiary/aromatic N) is 3. The molecular formula is C18H19F3N4O2. The standard InChI is InChI=1S/C18H19F3N4O2/c19-18(20,21)14-3-6-17(23-12-14)24-9-7-15(8-10-24)22-11-13-1-4-16(5-2-13)25(26)27/h1-6,12,15,22H,7-11H2. The lowest BCUT2D eigenvalue weighted by Crippen LogP contribution is -2.42. The maximum atomic E-state index is 12.6. The quantitative estimate of drug-likeness (QED) is 0.632. The maximum Gasteiger partial charge on any atom is 0.417 e. The molecule has 0 aliphatic carbocycles. The molecule has 1 aliphatic heterocycles. The summed E-state index contributed by atoms with van der Waals surface area (Å²) in [4.78, 5) is 16.1. The highest BCUT2D eigenvalue weighted by atomic mass is 19.4. The SMILES string of the molecule is O=[N+]([O-])c1ccc(CNC2CCN(c3ccc(C(F)(F)F)cn3)CC2)cc1. The molecule has 0 saturated carbocycles. The number of nitro benzene ring substituents is 1. The third kappa shape index (κ3) is 4.94. The average molecular weight is 380 g/mol. The minimum atomic E-state index is -4.37. The number of benzene rings is 1. The highest BCUT2D eigenvalue weighted by Crippen LogP contribution is 2.29. The molecule has 0 radical (unpaired) electrons. The van der Waals surface area contributed by atoms with Gasteiger partial charge in [-0.15, -0.1) is 0 Å². The lowest BCUT2D eigenvalue weighted by molar-refractivity contribution is -0.384. The van der Waals surface area contributed by atoms with Crippen molar-refractivity contribution in [2.24, 2.45) is 0 Å². The molecular weight excluding hydrogens is 361 g/mol. The number of non-ortho nitro benzene ring substituents is 1. The van der Waals surface area contributed by atoms with Crippen molar-refractivity contribution in [3.8, 4) is 0 Å². The van der Waals surface area contributed by atoms with Crippen LogP contribution in [0.3, 0.4) is 0 Å². The van der Waals surface area contributed by atoms with Crippen molar-refractivity contribution in [1.82, 2.24) is 10.3 Å². The van der Waals surface area contributed by atoms with Gasteiger partial charge in [0, 0.05) is 44.0 Å². The normalized spacial score (nSPS) is 15.7. The summed E-state index contributed by atoms with van der Waals surface area (Å²) in [6.07, 6.45) is -1.82. The molecule has 1 aliphatic rings. The van der Waals surface area contributed by atoms with Crippen LogP contribution in [0.5, 0.6) is 0 Å². The predicted octanol–water partition coefficient (Wildman–Crippen LogP) is 3.77. The number of alkyl halides is 3. The van der Waals surface area contributed by atoms with Crippen molar-refractivity contribution in [2.75, 3.05) is 18.0 Å². The third-order valence-corrected chi connectivity index (χ3v) is 4.64. The molecule has 0 unspecified atom stereocenters. The number of nitro groups is 1. The van der Waals surface area contributed by atoms with Gasteiger partial charge in [0.15, 0.2) is 0 Å². The largest absolute Gasteiger partial charge is 0.417 e. The Bertz CT molecular complexity index is 771. The van der Waals surface area contributed by atoms with Gasteiger partial charge in [-0.25, -0.2) is 4.98 Å². The summed E-state index contributed by atoms with van der Waals surface area (Å²) in [5.41, 5.74) is 0.287. The van der Waals surface area contributed by atoms with E-state index in [-0.39, 0.29) is 11.7 Å². The van der Waals surface area contributed by atoms with Crippen LogP contribution in [0.25, 0.3) is 0 Å². The molecule has 0 bridgehead atoms. The van der Waals surface area contributed by atoms with Crippen molar-refractivity contribution in [2.45, 2.75) is 31.6 Å². The molecule has 9 heteroatoms. The maximum absolute atomic E-state index is 12.6. The minimum Gasteiger partial charge on any atom is -0.357 e. The Morgan fingerprint density at radius 3 is 2.33 bits per heavy atom. The molecule has 1 aromatic heterocycles. The number of pyridine rings is 1. The molecule has 0 spiro atoms. The highest BCUT2D eigenvalue weighted by molar-refractivity contribution is 5.40. The van der Waals surface area contributed by atoms with E-state index in [1.165, 1.54) is 18.2 Å². The molecule has 6 nitrogen and oxygen atoms in total. The molecule has 27 heavy (non-hydrogen) atoms. The Morgan fingerprint density at radius 1 is 1.15 bits per heavy atom. The number of piperidine rings is 1. The molecule has 1 saturated heterocycles. The predicted molar refractivity (Wildman–Crippen MR) is 94.4 cm³/mol. The zero-order chi connectivity index (χ0) is 19.4. The van der Waals surface area contributed by atoms with Gasteiger partial charge in [0.05, 0.1) is 10.5 Å². The van der Waals surface area contributed by atoms with Gasteiger partial charge in [0.25, 0.3) is 5.69 Å². The van der Waals surface area contributed by atoms with Gasteiger partial charge in [0.1, 0.15) is 5.82 Å². The van der Waals surface area contributed by atoms with Gasteiger partial charge < -0.3 is 10.2 Å². The van der Waals surface area contributed by atoms with E-state index in [0.717, 1.165) is 30.7 Å². The second-order valence-corrected chi connectivity index (χ2v) is 6.47. The van der Waals surface area contributed by atoms with Gasteiger partial charge in [-0.2, -0.15) is 13.2 Å². The number of anilines is 1. The smallest absolute Gasteiger partial charge is 0.357 e. The first-order valence-corrected chi connectivity index (χ1v) is 8.58. The van der Waals surface area contributed by atoms with Crippen LogP contribution in [0, 0.1) is 10.1 Å². The third-order valence-electron chi connectivity index (χ3n) is 4.64. The van der Waals surface area contributed by atoms with E-state index < -0.39 is 16.7 Å². The first-order valence-electron chi connectivity index (χ1n) is 8.58. The molecule has 2 heterocycles. The summed E-state index contributed by atoms with van der Waals surface area (Å²) in [7, 11) is 0. The Hall–Kier alpha value is -2.68.